The zero-order chi connectivity index (χ0) is 28.8. The lowest BCUT2D eigenvalue weighted by Gasteiger charge is -2.16. The summed E-state index contributed by atoms with van der Waals surface area (Å²) in [6.45, 7) is 4.77. The normalized spacial score (nSPS) is 11.3. The van der Waals surface area contributed by atoms with Crippen molar-refractivity contribution in [3.8, 4) is 39.8 Å². The first kappa shape index (κ1) is 27.9. The van der Waals surface area contributed by atoms with E-state index in [9.17, 15) is 13.7 Å². The van der Waals surface area contributed by atoms with Gasteiger partial charge in [0, 0.05) is 35.9 Å². The summed E-state index contributed by atoms with van der Waals surface area (Å²) >= 11 is 0.914. The van der Waals surface area contributed by atoms with Gasteiger partial charge in [-0.05, 0) is 59.2 Å². The first-order chi connectivity index (χ1) is 19.8. The Morgan fingerprint density at radius 3 is 2.46 bits per heavy atom. The van der Waals surface area contributed by atoms with Crippen LogP contribution in [0.2, 0.25) is 0 Å². The molecule has 2 N–H and O–H groups in total. The van der Waals surface area contributed by atoms with Gasteiger partial charge in [0.25, 0.3) is 10.0 Å². The molecule has 9 nitrogen and oxygen atoms in total. The van der Waals surface area contributed by atoms with E-state index in [0.29, 0.717) is 18.3 Å². The molecule has 3 aromatic carbocycles. The minimum absolute atomic E-state index is 0.0692. The van der Waals surface area contributed by atoms with Crippen molar-refractivity contribution in [1.82, 2.24) is 19.7 Å². The summed E-state index contributed by atoms with van der Waals surface area (Å²) in [5, 5.41) is 13.4. The van der Waals surface area contributed by atoms with E-state index >= 15 is 0 Å². The fraction of sp³-hybridized carbons (Fsp3) is 0.133. The number of benzene rings is 3. The molecule has 0 aliphatic heterocycles. The van der Waals surface area contributed by atoms with Gasteiger partial charge in [-0.1, -0.05) is 50.2 Å². The molecular weight excluding hydrogens is 557 g/mol. The van der Waals surface area contributed by atoms with Crippen molar-refractivity contribution >= 4 is 26.7 Å². The highest BCUT2D eigenvalue weighted by Gasteiger charge is 2.20. The van der Waals surface area contributed by atoms with Gasteiger partial charge >= 0.3 is 0 Å². The zero-order valence-electron chi connectivity index (χ0n) is 22.3. The molecule has 5 rings (SSSR count). The highest BCUT2D eigenvalue weighted by Crippen LogP contribution is 2.38. The average Bonchev–Trinajstić information content (AvgIpc) is 3.49. The van der Waals surface area contributed by atoms with Crippen molar-refractivity contribution < 1.29 is 13.2 Å². The predicted molar refractivity (Wildman–Crippen MR) is 159 cm³/mol. The molecule has 0 saturated heterocycles. The van der Waals surface area contributed by atoms with Crippen molar-refractivity contribution in [3.63, 3.8) is 0 Å². The smallest absolute Gasteiger partial charge is 0.263 e. The number of rotatable bonds is 10. The van der Waals surface area contributed by atoms with E-state index in [4.69, 9.17) is 4.74 Å². The van der Waals surface area contributed by atoms with Gasteiger partial charge in [-0.3, -0.25) is 9.71 Å². The highest BCUT2D eigenvalue weighted by molar-refractivity contribution is 7.93. The van der Waals surface area contributed by atoms with E-state index in [1.807, 2.05) is 60.7 Å². The summed E-state index contributed by atoms with van der Waals surface area (Å²) in [5.41, 5.74) is 4.69. The van der Waals surface area contributed by atoms with E-state index in [2.05, 4.69) is 44.3 Å². The Kier molecular flexibility index (Phi) is 8.35. The monoisotopic (exact) mass is 582 g/mol. The lowest BCUT2D eigenvalue weighted by molar-refractivity contribution is 0.482. The fourth-order valence-electron chi connectivity index (χ4n) is 4.07. The number of ether oxygens (including phenoxy) is 1. The van der Waals surface area contributed by atoms with E-state index in [1.165, 1.54) is 24.5 Å². The molecule has 0 atom stereocenters. The van der Waals surface area contributed by atoms with Gasteiger partial charge in [0.15, 0.2) is 0 Å². The van der Waals surface area contributed by atoms with Crippen molar-refractivity contribution in [3.05, 3.63) is 103 Å². The molecule has 0 aliphatic rings. The Hall–Kier alpha value is -4.63. The van der Waals surface area contributed by atoms with Crippen LogP contribution in [0.15, 0.2) is 96.3 Å². The number of hydrogen-bond acceptors (Lipinski definition) is 9. The second kappa shape index (κ2) is 12.3. The summed E-state index contributed by atoms with van der Waals surface area (Å²) in [4.78, 5) is 8.27. The summed E-state index contributed by atoms with van der Waals surface area (Å²) in [5.74, 6) is 0.740. The number of nitrogens with one attached hydrogen (secondary N) is 2. The Balaban J connectivity index is 1.53. The standard InChI is InChI=1S/C30H26N6O3S2/c1-20(2)33-18-25-14-23(12-13-32-25)27-16-22(21-6-4-3-5-7-21)8-10-29(27)39-28-11-9-26(15-24(28)17-31)41(37,38)36-30-34-19-35-40-30/h3-16,19-20,33H,18H2,1-2H3,(H,34,35,36). The molecule has 41 heavy (non-hydrogen) atoms. The van der Waals surface area contributed by atoms with Crippen LogP contribution in [0.3, 0.4) is 0 Å². The van der Waals surface area contributed by atoms with Crippen molar-refractivity contribution in [1.29, 1.82) is 5.26 Å². The van der Waals surface area contributed by atoms with E-state index in [1.54, 1.807) is 6.20 Å². The number of hydrogen-bond donors (Lipinski definition) is 2. The van der Waals surface area contributed by atoms with Crippen LogP contribution in [0.1, 0.15) is 25.1 Å². The summed E-state index contributed by atoms with van der Waals surface area (Å²) < 4.78 is 38.1. The van der Waals surface area contributed by atoms with Crippen LogP contribution < -0.4 is 14.8 Å². The molecule has 0 unspecified atom stereocenters. The third kappa shape index (κ3) is 6.75. The second-order valence-corrected chi connectivity index (χ2v) is 11.8. The van der Waals surface area contributed by atoms with Crippen LogP contribution in [0, 0.1) is 11.3 Å². The molecule has 0 radical (unpaired) electrons. The number of sulfonamides is 1. The van der Waals surface area contributed by atoms with Gasteiger partial charge in [-0.15, -0.1) is 0 Å². The van der Waals surface area contributed by atoms with Gasteiger partial charge in [0.2, 0.25) is 5.13 Å². The lowest BCUT2D eigenvalue weighted by atomic mass is 9.98. The highest BCUT2D eigenvalue weighted by atomic mass is 32.2. The van der Waals surface area contributed by atoms with Crippen LogP contribution >= 0.6 is 11.5 Å². The average molecular weight is 583 g/mol. The van der Waals surface area contributed by atoms with Crippen molar-refractivity contribution in [2.24, 2.45) is 0 Å². The fourth-order valence-corrected chi connectivity index (χ4v) is 5.76. The molecule has 0 aliphatic carbocycles. The van der Waals surface area contributed by atoms with Crippen molar-refractivity contribution in [2.75, 3.05) is 4.72 Å². The number of aromatic nitrogens is 3. The number of nitrogens with zero attached hydrogens (tertiary/aromatic N) is 4. The molecule has 0 spiro atoms. The van der Waals surface area contributed by atoms with Crippen molar-refractivity contribution in [2.45, 2.75) is 31.3 Å². The molecule has 5 aromatic rings. The van der Waals surface area contributed by atoms with Gasteiger partial charge in [0.1, 0.15) is 23.9 Å². The van der Waals surface area contributed by atoms with Crippen LogP contribution in [0.25, 0.3) is 22.3 Å². The summed E-state index contributed by atoms with van der Waals surface area (Å²) in [7, 11) is -3.97. The van der Waals surface area contributed by atoms with Gasteiger partial charge in [-0.25, -0.2) is 13.4 Å². The number of pyridine rings is 1. The molecule has 2 heterocycles. The second-order valence-electron chi connectivity index (χ2n) is 9.37. The number of anilines is 1. The van der Waals surface area contributed by atoms with Crippen LogP contribution in [0.5, 0.6) is 11.5 Å². The minimum atomic E-state index is -3.97. The molecule has 0 fully saturated rings. The van der Waals surface area contributed by atoms with Crippen LogP contribution in [-0.4, -0.2) is 28.8 Å². The van der Waals surface area contributed by atoms with Gasteiger partial charge in [-0.2, -0.15) is 9.64 Å². The topological polar surface area (TPSA) is 130 Å². The molecule has 11 heteroatoms. The molecule has 0 bridgehead atoms. The Morgan fingerprint density at radius 1 is 0.927 bits per heavy atom. The molecule has 0 saturated carbocycles. The van der Waals surface area contributed by atoms with Crippen LogP contribution in [-0.2, 0) is 16.6 Å². The zero-order valence-corrected chi connectivity index (χ0v) is 23.9. The molecule has 206 valence electrons. The SMILES string of the molecule is CC(C)NCc1cc(-c2cc(-c3ccccc3)ccc2Oc2ccc(S(=O)(=O)Nc3ncns3)cc2C#N)ccn1. The quantitative estimate of drug-likeness (QED) is 0.198. The Labute approximate surface area is 242 Å². The maximum Gasteiger partial charge on any atom is 0.263 e. The maximum absolute atomic E-state index is 12.8. The number of nitriles is 1. The first-order valence-corrected chi connectivity index (χ1v) is 15.0. The summed E-state index contributed by atoms with van der Waals surface area (Å²) in [6.07, 6.45) is 3.02. The van der Waals surface area contributed by atoms with Crippen LogP contribution in [0.4, 0.5) is 5.13 Å². The predicted octanol–water partition coefficient (Wildman–Crippen LogP) is 6.23. The first-order valence-electron chi connectivity index (χ1n) is 12.7. The third-order valence-electron chi connectivity index (χ3n) is 6.09. The van der Waals surface area contributed by atoms with Gasteiger partial charge in [0.05, 0.1) is 16.2 Å². The summed E-state index contributed by atoms with van der Waals surface area (Å²) in [6, 6.07) is 26.3. The van der Waals surface area contributed by atoms with E-state index in [-0.39, 0.29) is 21.3 Å². The molecular formula is C30H26N6O3S2. The third-order valence-corrected chi connectivity index (χ3v) is 8.14. The van der Waals surface area contributed by atoms with Gasteiger partial charge < -0.3 is 10.1 Å². The lowest BCUT2D eigenvalue weighted by Crippen LogP contribution is -2.22. The Bertz CT molecular complexity index is 1800. The van der Waals surface area contributed by atoms with E-state index < -0.39 is 10.0 Å². The van der Waals surface area contributed by atoms with E-state index in [0.717, 1.165) is 39.5 Å². The molecule has 0 amide bonds. The maximum atomic E-state index is 12.8. The largest absolute Gasteiger partial charge is 0.455 e. The minimum Gasteiger partial charge on any atom is -0.455 e. The Morgan fingerprint density at radius 2 is 1.73 bits per heavy atom. The molecule has 2 aromatic heterocycles.